The molecule has 1 rings (SSSR count). The minimum Gasteiger partial charge on any atom is -0.396 e. The molecule has 0 radical (unpaired) electrons. The number of carbonyl (C=O) groups excluding carboxylic acids is 1. The Morgan fingerprint density at radius 1 is 1.35 bits per heavy atom. The van der Waals surface area contributed by atoms with Crippen molar-refractivity contribution in [1.82, 2.24) is 5.32 Å². The van der Waals surface area contributed by atoms with E-state index >= 15 is 0 Å². The molecule has 20 heavy (non-hydrogen) atoms. The smallest absolute Gasteiger partial charge is 0.319 e. The number of carbonyl (C=O) groups is 1. The fourth-order valence-electron chi connectivity index (χ4n) is 1.87. The van der Waals surface area contributed by atoms with Gasteiger partial charge in [-0.3, -0.25) is 0 Å². The maximum atomic E-state index is 12.0. The van der Waals surface area contributed by atoms with Crippen LogP contribution in [0.3, 0.4) is 0 Å². The molecule has 2 amide bonds. The van der Waals surface area contributed by atoms with E-state index in [1.54, 1.807) is 0 Å². The number of aliphatic hydroxyl groups is 1. The van der Waals surface area contributed by atoms with E-state index in [1.165, 1.54) is 0 Å². The van der Waals surface area contributed by atoms with Gasteiger partial charge in [-0.1, -0.05) is 0 Å². The molecule has 1 aromatic rings. The summed E-state index contributed by atoms with van der Waals surface area (Å²) >= 11 is 0. The van der Waals surface area contributed by atoms with Gasteiger partial charge in [-0.15, -0.1) is 0 Å². The van der Waals surface area contributed by atoms with Gasteiger partial charge in [-0.25, -0.2) is 4.79 Å². The molecule has 0 saturated heterocycles. The van der Waals surface area contributed by atoms with Gasteiger partial charge in [0.1, 0.15) is 0 Å². The van der Waals surface area contributed by atoms with E-state index in [4.69, 9.17) is 5.11 Å². The minimum absolute atomic E-state index is 0.0455. The summed E-state index contributed by atoms with van der Waals surface area (Å²) < 4.78 is 0. The monoisotopic (exact) mass is 279 g/mol. The van der Waals surface area contributed by atoms with Gasteiger partial charge >= 0.3 is 6.03 Å². The van der Waals surface area contributed by atoms with Crippen molar-refractivity contribution in [1.29, 1.82) is 0 Å². The van der Waals surface area contributed by atoms with E-state index in [2.05, 4.69) is 10.6 Å². The van der Waals surface area contributed by atoms with E-state index in [9.17, 15) is 4.79 Å². The van der Waals surface area contributed by atoms with Crippen molar-refractivity contribution in [3.05, 3.63) is 23.8 Å². The van der Waals surface area contributed by atoms with Gasteiger partial charge in [0.05, 0.1) is 0 Å². The highest BCUT2D eigenvalue weighted by molar-refractivity contribution is 5.90. The molecule has 5 heteroatoms. The number of anilines is 2. The third-order valence-corrected chi connectivity index (χ3v) is 3.16. The van der Waals surface area contributed by atoms with Crippen molar-refractivity contribution in [2.45, 2.75) is 32.7 Å². The van der Waals surface area contributed by atoms with Crippen molar-refractivity contribution in [2.75, 3.05) is 30.9 Å². The number of amides is 2. The Kier molecular flexibility index (Phi) is 5.39. The molecule has 0 saturated carbocycles. The molecule has 0 aliphatic heterocycles. The van der Waals surface area contributed by atoms with Gasteiger partial charge in [0.25, 0.3) is 0 Å². The number of urea groups is 1. The Bertz CT molecular complexity index is 470. The maximum absolute atomic E-state index is 12.0. The summed E-state index contributed by atoms with van der Waals surface area (Å²) in [4.78, 5) is 14.0. The number of nitrogens with one attached hydrogen (secondary N) is 2. The molecule has 0 aliphatic rings. The lowest BCUT2D eigenvalue weighted by Crippen LogP contribution is -2.46. The number of benzene rings is 1. The van der Waals surface area contributed by atoms with E-state index in [0.29, 0.717) is 6.42 Å². The molecule has 0 fully saturated rings. The van der Waals surface area contributed by atoms with Crippen LogP contribution >= 0.6 is 0 Å². The number of hydrogen-bond acceptors (Lipinski definition) is 3. The number of hydrogen-bond donors (Lipinski definition) is 3. The van der Waals surface area contributed by atoms with Crippen LogP contribution in [0.4, 0.5) is 16.2 Å². The summed E-state index contributed by atoms with van der Waals surface area (Å²) in [5, 5.41) is 14.6. The SMILES string of the molecule is Cc1cc(N(C)C)ccc1NC(=O)NC(C)(C)CCO. The molecule has 3 N–H and O–H groups in total. The Hall–Kier alpha value is -1.75. The first-order valence-electron chi connectivity index (χ1n) is 6.73. The third-order valence-electron chi connectivity index (χ3n) is 3.16. The van der Waals surface area contributed by atoms with Gasteiger partial charge in [0.2, 0.25) is 0 Å². The highest BCUT2D eigenvalue weighted by Crippen LogP contribution is 2.21. The fourth-order valence-corrected chi connectivity index (χ4v) is 1.87. The predicted octanol–water partition coefficient (Wildman–Crippen LogP) is 2.34. The molecule has 0 bridgehead atoms. The zero-order valence-corrected chi connectivity index (χ0v) is 12.9. The summed E-state index contributed by atoms with van der Waals surface area (Å²) in [5.74, 6) is 0. The zero-order chi connectivity index (χ0) is 15.3. The lowest BCUT2D eigenvalue weighted by Gasteiger charge is -2.25. The lowest BCUT2D eigenvalue weighted by molar-refractivity contribution is 0.218. The molecule has 0 atom stereocenters. The van der Waals surface area contributed by atoms with Gasteiger partial charge < -0.3 is 20.6 Å². The predicted molar refractivity (Wildman–Crippen MR) is 83.4 cm³/mol. The van der Waals surface area contributed by atoms with Crippen LogP contribution in [0.1, 0.15) is 25.8 Å². The van der Waals surface area contributed by atoms with Crippen LogP contribution in [-0.2, 0) is 0 Å². The molecule has 1 aromatic carbocycles. The number of rotatable bonds is 5. The van der Waals surface area contributed by atoms with Gasteiger partial charge in [0.15, 0.2) is 0 Å². The summed E-state index contributed by atoms with van der Waals surface area (Å²) in [5.41, 5.74) is 2.45. The Morgan fingerprint density at radius 3 is 2.50 bits per heavy atom. The number of nitrogens with zero attached hydrogens (tertiary/aromatic N) is 1. The minimum atomic E-state index is -0.434. The van der Waals surface area contributed by atoms with E-state index in [1.807, 2.05) is 58.0 Å². The number of aryl methyl sites for hydroxylation is 1. The Balaban J connectivity index is 2.71. The molecular weight excluding hydrogens is 254 g/mol. The topological polar surface area (TPSA) is 64.6 Å². The molecule has 0 aromatic heterocycles. The van der Waals surface area contributed by atoms with Crippen molar-refractivity contribution in [3.8, 4) is 0 Å². The quantitative estimate of drug-likeness (QED) is 0.775. The maximum Gasteiger partial charge on any atom is 0.319 e. The molecule has 0 unspecified atom stereocenters. The first kappa shape index (κ1) is 16.3. The molecule has 0 spiro atoms. The van der Waals surface area contributed by atoms with Crippen molar-refractivity contribution >= 4 is 17.4 Å². The van der Waals surface area contributed by atoms with Crippen LogP contribution in [0, 0.1) is 6.92 Å². The van der Waals surface area contributed by atoms with Gasteiger partial charge in [-0.2, -0.15) is 0 Å². The second-order valence-corrected chi connectivity index (χ2v) is 5.83. The zero-order valence-electron chi connectivity index (χ0n) is 12.9. The molecule has 0 aliphatic carbocycles. The average molecular weight is 279 g/mol. The van der Waals surface area contributed by atoms with E-state index in [0.717, 1.165) is 16.9 Å². The van der Waals surface area contributed by atoms with E-state index in [-0.39, 0.29) is 12.6 Å². The molecule has 5 nitrogen and oxygen atoms in total. The largest absolute Gasteiger partial charge is 0.396 e. The second-order valence-electron chi connectivity index (χ2n) is 5.83. The van der Waals surface area contributed by atoms with Crippen LogP contribution in [-0.4, -0.2) is 37.4 Å². The second kappa shape index (κ2) is 6.61. The third kappa shape index (κ3) is 4.74. The first-order chi connectivity index (χ1) is 9.25. The number of aliphatic hydroxyl groups excluding tert-OH is 1. The summed E-state index contributed by atoms with van der Waals surface area (Å²) in [6.45, 7) is 5.76. The summed E-state index contributed by atoms with van der Waals surface area (Å²) in [6.07, 6.45) is 0.513. The average Bonchev–Trinajstić information content (AvgIpc) is 2.30. The highest BCUT2D eigenvalue weighted by atomic mass is 16.3. The highest BCUT2D eigenvalue weighted by Gasteiger charge is 2.19. The Morgan fingerprint density at radius 2 is 2.00 bits per heavy atom. The summed E-state index contributed by atoms with van der Waals surface area (Å²) in [7, 11) is 3.96. The lowest BCUT2D eigenvalue weighted by atomic mass is 10.0. The molecule has 0 heterocycles. The van der Waals surface area contributed by atoms with Crippen LogP contribution in [0.25, 0.3) is 0 Å². The van der Waals surface area contributed by atoms with Crippen LogP contribution in [0.2, 0.25) is 0 Å². The van der Waals surface area contributed by atoms with Crippen LogP contribution in [0.5, 0.6) is 0 Å². The molecule has 112 valence electrons. The van der Waals surface area contributed by atoms with Crippen molar-refractivity contribution in [3.63, 3.8) is 0 Å². The van der Waals surface area contributed by atoms with Gasteiger partial charge in [-0.05, 0) is 51.0 Å². The van der Waals surface area contributed by atoms with Crippen LogP contribution < -0.4 is 15.5 Å². The van der Waals surface area contributed by atoms with Gasteiger partial charge in [0, 0.05) is 37.6 Å². The van der Waals surface area contributed by atoms with Crippen molar-refractivity contribution < 1.29 is 9.90 Å². The van der Waals surface area contributed by atoms with Crippen molar-refractivity contribution in [2.24, 2.45) is 0 Å². The molecular formula is C15H25N3O2. The summed E-state index contributed by atoms with van der Waals surface area (Å²) in [6, 6.07) is 5.61. The fraction of sp³-hybridized carbons (Fsp3) is 0.533. The normalized spacial score (nSPS) is 11.1. The standard InChI is InChI=1S/C15H25N3O2/c1-11-10-12(18(4)5)6-7-13(11)16-14(20)17-15(2,3)8-9-19/h6-7,10,19H,8-9H2,1-5H3,(H2,16,17,20). The Labute approximate surface area is 121 Å². The first-order valence-corrected chi connectivity index (χ1v) is 6.73. The van der Waals surface area contributed by atoms with E-state index < -0.39 is 5.54 Å². The van der Waals surface area contributed by atoms with Crippen LogP contribution in [0.15, 0.2) is 18.2 Å².